The first-order chi connectivity index (χ1) is 10.2. The fourth-order valence-corrected chi connectivity index (χ4v) is 2.93. The van der Waals surface area contributed by atoms with Gasteiger partial charge in [-0.1, -0.05) is 44.5 Å². The van der Waals surface area contributed by atoms with Gasteiger partial charge in [-0.25, -0.2) is 0 Å². The van der Waals surface area contributed by atoms with E-state index in [2.05, 4.69) is 55.3 Å². The van der Waals surface area contributed by atoms with Crippen LogP contribution in [0.25, 0.3) is 0 Å². The average molecular weight is 288 g/mol. The first-order valence-corrected chi connectivity index (χ1v) is 8.28. The van der Waals surface area contributed by atoms with Gasteiger partial charge < -0.3 is 10.2 Å². The molecule has 2 atom stereocenters. The highest BCUT2D eigenvalue weighted by atomic mass is 16.2. The fourth-order valence-electron chi connectivity index (χ4n) is 2.93. The fraction of sp³-hybridized carbons (Fsp3) is 0.611. The van der Waals surface area contributed by atoms with Crippen molar-refractivity contribution in [3.63, 3.8) is 0 Å². The lowest BCUT2D eigenvalue weighted by Gasteiger charge is -2.34. The Morgan fingerprint density at radius 3 is 2.71 bits per heavy atom. The van der Waals surface area contributed by atoms with Crippen LogP contribution in [0.1, 0.15) is 51.2 Å². The van der Waals surface area contributed by atoms with Crippen molar-refractivity contribution in [2.24, 2.45) is 0 Å². The standard InChI is InChI=1S/C18H28N2O/c1-4-6-11-20(14(3)5-2)18(21)17-12-15-9-7-8-10-16(15)13-19-17/h7-10,14,17,19H,4-6,11-13H2,1-3H3. The van der Waals surface area contributed by atoms with Crippen molar-refractivity contribution < 1.29 is 4.79 Å². The zero-order valence-corrected chi connectivity index (χ0v) is 13.6. The Morgan fingerprint density at radius 1 is 1.33 bits per heavy atom. The highest BCUT2D eigenvalue weighted by Crippen LogP contribution is 2.19. The van der Waals surface area contributed by atoms with Crippen molar-refractivity contribution in [3.05, 3.63) is 35.4 Å². The summed E-state index contributed by atoms with van der Waals surface area (Å²) in [5.74, 6) is 0.271. The first kappa shape index (κ1) is 16.0. The molecule has 2 unspecified atom stereocenters. The Morgan fingerprint density at radius 2 is 2.05 bits per heavy atom. The van der Waals surface area contributed by atoms with Crippen LogP contribution in [0.4, 0.5) is 0 Å². The normalized spacial score (nSPS) is 18.9. The van der Waals surface area contributed by atoms with Gasteiger partial charge in [0, 0.05) is 19.1 Å². The monoisotopic (exact) mass is 288 g/mol. The molecule has 0 bridgehead atoms. The number of hydrogen-bond donors (Lipinski definition) is 1. The first-order valence-electron chi connectivity index (χ1n) is 8.28. The molecule has 1 aliphatic rings. The number of benzene rings is 1. The summed E-state index contributed by atoms with van der Waals surface area (Å²) >= 11 is 0. The summed E-state index contributed by atoms with van der Waals surface area (Å²) in [4.78, 5) is 15.0. The lowest BCUT2D eigenvalue weighted by Crippen LogP contribution is -2.52. The predicted molar refractivity (Wildman–Crippen MR) is 87.1 cm³/mol. The van der Waals surface area contributed by atoms with Crippen LogP contribution in [-0.2, 0) is 17.8 Å². The Bertz CT molecular complexity index is 472. The molecular formula is C18H28N2O. The SMILES string of the molecule is CCCCN(C(=O)C1Cc2ccccc2CN1)C(C)CC. The van der Waals surface area contributed by atoms with Gasteiger partial charge in [0.05, 0.1) is 6.04 Å². The Balaban J connectivity index is 2.07. The zero-order chi connectivity index (χ0) is 15.2. The van der Waals surface area contributed by atoms with Gasteiger partial charge in [0.2, 0.25) is 5.91 Å². The summed E-state index contributed by atoms with van der Waals surface area (Å²) in [6, 6.07) is 8.68. The zero-order valence-electron chi connectivity index (χ0n) is 13.6. The third-order valence-electron chi connectivity index (χ3n) is 4.54. The molecule has 0 aromatic heterocycles. The predicted octanol–water partition coefficient (Wildman–Crippen LogP) is 3.13. The van der Waals surface area contributed by atoms with E-state index in [-0.39, 0.29) is 11.9 Å². The quantitative estimate of drug-likeness (QED) is 0.872. The van der Waals surface area contributed by atoms with E-state index >= 15 is 0 Å². The van der Waals surface area contributed by atoms with Crippen LogP contribution in [-0.4, -0.2) is 29.4 Å². The van der Waals surface area contributed by atoms with Crippen LogP contribution in [0, 0.1) is 0 Å². The van der Waals surface area contributed by atoms with Crippen molar-refractivity contribution in [1.29, 1.82) is 0 Å². The topological polar surface area (TPSA) is 32.3 Å². The molecule has 1 N–H and O–H groups in total. The van der Waals surface area contributed by atoms with Gasteiger partial charge in [0.25, 0.3) is 0 Å². The van der Waals surface area contributed by atoms with Crippen LogP contribution in [0.3, 0.4) is 0 Å². The number of unbranched alkanes of at least 4 members (excludes halogenated alkanes) is 1. The van der Waals surface area contributed by atoms with Gasteiger partial charge in [0.15, 0.2) is 0 Å². The molecular weight excluding hydrogens is 260 g/mol. The van der Waals surface area contributed by atoms with Crippen molar-refractivity contribution in [2.45, 2.75) is 65.1 Å². The maximum atomic E-state index is 12.9. The van der Waals surface area contributed by atoms with Crippen molar-refractivity contribution in [1.82, 2.24) is 10.2 Å². The Hall–Kier alpha value is -1.35. The third-order valence-corrected chi connectivity index (χ3v) is 4.54. The highest BCUT2D eigenvalue weighted by molar-refractivity contribution is 5.83. The average Bonchev–Trinajstić information content (AvgIpc) is 2.54. The molecule has 0 saturated carbocycles. The summed E-state index contributed by atoms with van der Waals surface area (Å²) in [5, 5.41) is 3.42. The number of nitrogens with zero attached hydrogens (tertiary/aromatic N) is 1. The Labute approximate surface area is 128 Å². The van der Waals surface area contributed by atoms with E-state index in [4.69, 9.17) is 0 Å². The van der Waals surface area contributed by atoms with E-state index in [0.29, 0.717) is 6.04 Å². The molecule has 3 heteroatoms. The molecule has 1 heterocycles. The molecule has 1 aromatic carbocycles. The molecule has 116 valence electrons. The van der Waals surface area contributed by atoms with E-state index in [1.807, 2.05) is 0 Å². The van der Waals surface area contributed by atoms with Crippen LogP contribution in [0.2, 0.25) is 0 Å². The molecule has 0 radical (unpaired) electrons. The summed E-state index contributed by atoms with van der Waals surface area (Å²) in [7, 11) is 0. The second-order valence-corrected chi connectivity index (χ2v) is 6.05. The number of hydrogen-bond acceptors (Lipinski definition) is 2. The van der Waals surface area contributed by atoms with Gasteiger partial charge in [-0.05, 0) is 37.3 Å². The maximum Gasteiger partial charge on any atom is 0.240 e. The van der Waals surface area contributed by atoms with Gasteiger partial charge in [-0.3, -0.25) is 4.79 Å². The van der Waals surface area contributed by atoms with Gasteiger partial charge >= 0.3 is 0 Å². The molecule has 1 aliphatic heterocycles. The Kier molecular flexibility index (Phi) is 5.80. The maximum absolute atomic E-state index is 12.9. The van der Waals surface area contributed by atoms with E-state index < -0.39 is 0 Å². The lowest BCUT2D eigenvalue weighted by molar-refractivity contribution is -0.135. The van der Waals surface area contributed by atoms with E-state index in [1.165, 1.54) is 11.1 Å². The van der Waals surface area contributed by atoms with Gasteiger partial charge in [-0.15, -0.1) is 0 Å². The molecule has 0 spiro atoms. The third kappa shape index (κ3) is 3.85. The van der Waals surface area contributed by atoms with Crippen LogP contribution >= 0.6 is 0 Å². The molecule has 3 nitrogen and oxygen atoms in total. The van der Waals surface area contributed by atoms with Crippen LogP contribution in [0.15, 0.2) is 24.3 Å². The van der Waals surface area contributed by atoms with Gasteiger partial charge in [-0.2, -0.15) is 0 Å². The second kappa shape index (κ2) is 7.60. The lowest BCUT2D eigenvalue weighted by atomic mass is 9.94. The molecule has 2 rings (SSSR count). The number of amides is 1. The van der Waals surface area contributed by atoms with Crippen molar-refractivity contribution >= 4 is 5.91 Å². The molecule has 21 heavy (non-hydrogen) atoms. The summed E-state index contributed by atoms with van der Waals surface area (Å²) in [6.45, 7) is 8.16. The number of carbonyl (C=O) groups excluding carboxylic acids is 1. The van der Waals surface area contributed by atoms with Gasteiger partial charge in [0.1, 0.15) is 0 Å². The van der Waals surface area contributed by atoms with E-state index in [9.17, 15) is 4.79 Å². The largest absolute Gasteiger partial charge is 0.339 e. The molecule has 0 fully saturated rings. The summed E-state index contributed by atoms with van der Waals surface area (Å²) < 4.78 is 0. The van der Waals surface area contributed by atoms with Crippen molar-refractivity contribution in [3.8, 4) is 0 Å². The molecule has 1 amide bonds. The van der Waals surface area contributed by atoms with E-state index in [0.717, 1.165) is 38.8 Å². The number of fused-ring (bicyclic) bond motifs is 1. The minimum Gasteiger partial charge on any atom is -0.339 e. The minimum atomic E-state index is -0.0641. The number of carbonyl (C=O) groups is 1. The summed E-state index contributed by atoms with van der Waals surface area (Å²) in [5.41, 5.74) is 2.64. The second-order valence-electron chi connectivity index (χ2n) is 6.05. The van der Waals surface area contributed by atoms with Crippen molar-refractivity contribution in [2.75, 3.05) is 6.54 Å². The van der Waals surface area contributed by atoms with Crippen LogP contribution in [0.5, 0.6) is 0 Å². The van der Waals surface area contributed by atoms with E-state index in [1.54, 1.807) is 0 Å². The minimum absolute atomic E-state index is 0.0641. The number of nitrogens with one attached hydrogen (secondary N) is 1. The summed E-state index contributed by atoms with van der Waals surface area (Å²) in [6.07, 6.45) is 4.04. The smallest absolute Gasteiger partial charge is 0.240 e. The highest BCUT2D eigenvalue weighted by Gasteiger charge is 2.29. The molecule has 1 aromatic rings. The van der Waals surface area contributed by atoms with Crippen LogP contribution < -0.4 is 5.32 Å². The number of rotatable bonds is 6. The molecule has 0 saturated heterocycles. The molecule has 0 aliphatic carbocycles.